The Balaban J connectivity index is 1.97. The minimum atomic E-state index is -4.94. The molecule has 136 valence electrons. The average molecular weight is 364 g/mol. The van der Waals surface area contributed by atoms with E-state index < -0.39 is 12.1 Å². The Bertz CT molecular complexity index is 933. The molecular weight excluding hydrogens is 349 g/mol. The Hall–Kier alpha value is -3.03. The monoisotopic (exact) mass is 364 g/mol. The van der Waals surface area contributed by atoms with Crippen LogP contribution in [0.1, 0.15) is 6.92 Å². The molecule has 8 heteroatoms. The van der Waals surface area contributed by atoms with Crippen molar-refractivity contribution in [3.05, 3.63) is 42.5 Å². The Labute approximate surface area is 147 Å². The lowest BCUT2D eigenvalue weighted by atomic mass is 10.2. The highest BCUT2D eigenvalue weighted by Crippen LogP contribution is 2.30. The molecule has 1 amide bonds. The Morgan fingerprint density at radius 1 is 1.19 bits per heavy atom. The molecule has 0 spiro atoms. The summed E-state index contributed by atoms with van der Waals surface area (Å²) in [6, 6.07) is 11.3. The summed E-state index contributed by atoms with van der Waals surface area (Å²) >= 11 is 0. The number of rotatable bonds is 4. The van der Waals surface area contributed by atoms with Crippen LogP contribution in [0.4, 0.5) is 18.9 Å². The Morgan fingerprint density at radius 2 is 1.88 bits per heavy atom. The molecular formula is C18H15F3N2O3. The van der Waals surface area contributed by atoms with Crippen molar-refractivity contribution in [1.29, 1.82) is 0 Å². The van der Waals surface area contributed by atoms with Gasteiger partial charge in [0.2, 0.25) is 5.89 Å². The van der Waals surface area contributed by atoms with Crippen molar-refractivity contribution in [2.45, 2.75) is 13.1 Å². The number of alkyl halides is 3. The lowest BCUT2D eigenvalue weighted by molar-refractivity contribution is -0.170. The minimum Gasteiger partial charge on any atom is -0.497 e. The van der Waals surface area contributed by atoms with Gasteiger partial charge in [0.05, 0.1) is 7.11 Å². The number of oxazole rings is 1. The summed E-state index contributed by atoms with van der Waals surface area (Å²) in [6.07, 6.45) is -4.94. The summed E-state index contributed by atoms with van der Waals surface area (Å²) < 4.78 is 48.9. The van der Waals surface area contributed by atoms with Crippen LogP contribution in [0.5, 0.6) is 5.75 Å². The van der Waals surface area contributed by atoms with Gasteiger partial charge < -0.3 is 14.1 Å². The van der Waals surface area contributed by atoms with E-state index in [0.717, 1.165) is 0 Å². The first-order valence-electron chi connectivity index (χ1n) is 7.77. The lowest BCUT2D eigenvalue weighted by Gasteiger charge is -2.21. The molecule has 5 nitrogen and oxygen atoms in total. The maximum Gasteiger partial charge on any atom is 0.471 e. The van der Waals surface area contributed by atoms with E-state index >= 15 is 0 Å². The molecule has 0 bridgehead atoms. The fraction of sp³-hybridized carbons (Fsp3) is 0.222. The lowest BCUT2D eigenvalue weighted by Crippen LogP contribution is -2.41. The second-order valence-corrected chi connectivity index (χ2v) is 5.45. The summed E-state index contributed by atoms with van der Waals surface area (Å²) in [4.78, 5) is 16.5. The fourth-order valence-electron chi connectivity index (χ4n) is 2.54. The molecule has 0 aliphatic rings. The predicted molar refractivity (Wildman–Crippen MR) is 90.1 cm³/mol. The molecule has 0 radical (unpaired) electrons. The highest BCUT2D eigenvalue weighted by atomic mass is 19.4. The summed E-state index contributed by atoms with van der Waals surface area (Å²) in [6.45, 7) is 1.35. The van der Waals surface area contributed by atoms with Crippen LogP contribution in [0, 0.1) is 0 Å². The number of halogens is 3. The third-order valence-electron chi connectivity index (χ3n) is 3.82. The van der Waals surface area contributed by atoms with E-state index in [-0.39, 0.29) is 12.2 Å². The molecule has 3 aromatic rings. The van der Waals surface area contributed by atoms with Gasteiger partial charge >= 0.3 is 12.1 Å². The van der Waals surface area contributed by atoms with E-state index in [1.807, 2.05) is 0 Å². The Morgan fingerprint density at radius 3 is 2.46 bits per heavy atom. The van der Waals surface area contributed by atoms with Gasteiger partial charge in [-0.05, 0) is 49.4 Å². The van der Waals surface area contributed by atoms with Crippen LogP contribution in [0.25, 0.3) is 22.6 Å². The average Bonchev–Trinajstić information content (AvgIpc) is 3.05. The number of methoxy groups -OCH3 is 1. The van der Waals surface area contributed by atoms with Crippen molar-refractivity contribution >= 4 is 22.7 Å². The number of hydrogen-bond donors (Lipinski definition) is 0. The van der Waals surface area contributed by atoms with Crippen molar-refractivity contribution in [3.8, 4) is 17.2 Å². The molecule has 0 unspecified atom stereocenters. The number of anilines is 1. The molecule has 0 aliphatic carbocycles. The van der Waals surface area contributed by atoms with E-state index in [1.165, 1.54) is 25.1 Å². The molecule has 26 heavy (non-hydrogen) atoms. The zero-order valence-corrected chi connectivity index (χ0v) is 14.0. The Kier molecular flexibility index (Phi) is 4.58. The summed E-state index contributed by atoms with van der Waals surface area (Å²) in [5.74, 6) is -0.917. The van der Waals surface area contributed by atoms with E-state index in [2.05, 4.69) is 4.98 Å². The van der Waals surface area contributed by atoms with Crippen LogP contribution < -0.4 is 9.64 Å². The smallest absolute Gasteiger partial charge is 0.471 e. The second-order valence-electron chi connectivity index (χ2n) is 5.45. The third-order valence-corrected chi connectivity index (χ3v) is 3.82. The number of ether oxygens (including phenoxy) is 1. The number of fused-ring (bicyclic) bond motifs is 1. The molecule has 0 fully saturated rings. The summed E-state index contributed by atoms with van der Waals surface area (Å²) in [7, 11) is 1.55. The molecule has 0 atom stereocenters. The highest BCUT2D eigenvalue weighted by Gasteiger charge is 2.42. The third kappa shape index (κ3) is 3.35. The zero-order valence-electron chi connectivity index (χ0n) is 14.0. The first-order valence-corrected chi connectivity index (χ1v) is 7.77. The van der Waals surface area contributed by atoms with Crippen molar-refractivity contribution in [1.82, 2.24) is 4.98 Å². The van der Waals surface area contributed by atoms with Gasteiger partial charge in [0.25, 0.3) is 0 Å². The maximum absolute atomic E-state index is 12.7. The molecule has 3 rings (SSSR count). The number of aromatic nitrogens is 1. The van der Waals surface area contributed by atoms with Gasteiger partial charge in [-0.2, -0.15) is 13.2 Å². The molecule has 0 aliphatic heterocycles. The normalized spacial score (nSPS) is 11.6. The van der Waals surface area contributed by atoms with Crippen molar-refractivity contribution in [3.63, 3.8) is 0 Å². The maximum atomic E-state index is 12.7. The molecule has 2 aromatic carbocycles. The standard InChI is InChI=1S/C18H15F3N2O3/c1-3-23(17(24)18(19,20)21)12-6-9-15-14(10-12)22-16(26-15)11-4-7-13(25-2)8-5-11/h4-10H,3H2,1-2H3. The van der Waals surface area contributed by atoms with E-state index in [1.54, 1.807) is 31.4 Å². The largest absolute Gasteiger partial charge is 0.497 e. The van der Waals surface area contributed by atoms with Gasteiger partial charge in [-0.1, -0.05) is 0 Å². The van der Waals surface area contributed by atoms with Crippen LogP contribution in [0.3, 0.4) is 0 Å². The molecule has 1 heterocycles. The quantitative estimate of drug-likeness (QED) is 0.688. The van der Waals surface area contributed by atoms with Gasteiger partial charge in [0.1, 0.15) is 11.3 Å². The number of carbonyl (C=O) groups excluding carboxylic acids is 1. The molecule has 1 aromatic heterocycles. The first kappa shape index (κ1) is 17.8. The zero-order chi connectivity index (χ0) is 18.9. The van der Waals surface area contributed by atoms with Crippen LogP contribution in [-0.2, 0) is 4.79 Å². The molecule has 0 saturated carbocycles. The van der Waals surface area contributed by atoms with E-state index in [0.29, 0.717) is 33.2 Å². The van der Waals surface area contributed by atoms with Crippen LogP contribution >= 0.6 is 0 Å². The van der Waals surface area contributed by atoms with Gasteiger partial charge in [-0.15, -0.1) is 0 Å². The minimum absolute atomic E-state index is 0.108. The van der Waals surface area contributed by atoms with Crippen molar-refractivity contribution in [2.75, 3.05) is 18.6 Å². The number of carbonyl (C=O) groups is 1. The molecule has 0 N–H and O–H groups in total. The van der Waals surface area contributed by atoms with Crippen LogP contribution in [0.15, 0.2) is 46.9 Å². The fourth-order valence-corrected chi connectivity index (χ4v) is 2.54. The SMILES string of the molecule is CCN(C(=O)C(F)(F)F)c1ccc2oc(-c3ccc(OC)cc3)nc2c1. The van der Waals surface area contributed by atoms with Gasteiger partial charge in [0.15, 0.2) is 5.58 Å². The van der Waals surface area contributed by atoms with E-state index in [9.17, 15) is 18.0 Å². The summed E-state index contributed by atoms with van der Waals surface area (Å²) in [5, 5.41) is 0. The highest BCUT2D eigenvalue weighted by molar-refractivity contribution is 5.98. The van der Waals surface area contributed by atoms with Gasteiger partial charge in [-0.3, -0.25) is 4.79 Å². The van der Waals surface area contributed by atoms with E-state index in [4.69, 9.17) is 9.15 Å². The second kappa shape index (κ2) is 6.70. The van der Waals surface area contributed by atoms with Crippen LogP contribution in [-0.4, -0.2) is 30.7 Å². The first-order chi connectivity index (χ1) is 12.3. The number of hydrogen-bond acceptors (Lipinski definition) is 4. The number of amides is 1. The number of nitrogens with zero attached hydrogens (tertiary/aromatic N) is 2. The van der Waals surface area contributed by atoms with Gasteiger partial charge in [0, 0.05) is 17.8 Å². The topological polar surface area (TPSA) is 55.6 Å². The van der Waals surface area contributed by atoms with Crippen molar-refractivity contribution < 1.29 is 27.1 Å². The van der Waals surface area contributed by atoms with Crippen LogP contribution in [0.2, 0.25) is 0 Å². The summed E-state index contributed by atoms with van der Waals surface area (Å²) in [5.41, 5.74) is 1.58. The van der Waals surface area contributed by atoms with Gasteiger partial charge in [-0.25, -0.2) is 4.98 Å². The predicted octanol–water partition coefficient (Wildman–Crippen LogP) is 4.42. The molecule has 0 saturated heterocycles. The van der Waals surface area contributed by atoms with Crippen molar-refractivity contribution in [2.24, 2.45) is 0 Å². The number of benzene rings is 2.